The number of nitrogens with zero attached hydrogens (tertiary/aromatic N) is 3. The van der Waals surface area contributed by atoms with E-state index in [1.807, 2.05) is 42.2 Å². The number of likely N-dealkylation sites (N-methyl/N-ethyl adjacent to an activating group) is 1. The van der Waals surface area contributed by atoms with Crippen LogP contribution in [0.25, 0.3) is 0 Å². The molecule has 10 heteroatoms. The number of rotatable bonds is 15. The van der Waals surface area contributed by atoms with Gasteiger partial charge in [-0.15, -0.1) is 0 Å². The van der Waals surface area contributed by atoms with Gasteiger partial charge in [0.25, 0.3) is 11.8 Å². The zero-order chi connectivity index (χ0) is 32.9. The van der Waals surface area contributed by atoms with Gasteiger partial charge in [0.1, 0.15) is 11.5 Å². The van der Waals surface area contributed by atoms with Gasteiger partial charge in [0.2, 0.25) is 5.91 Å². The Labute approximate surface area is 272 Å². The summed E-state index contributed by atoms with van der Waals surface area (Å²) in [4.78, 5) is 44.7. The van der Waals surface area contributed by atoms with Crippen molar-refractivity contribution in [1.29, 1.82) is 0 Å². The Hall–Kier alpha value is -4.41. The van der Waals surface area contributed by atoms with Crippen LogP contribution in [-0.2, 0) is 4.79 Å². The number of para-hydroxylation sites is 3. The maximum atomic E-state index is 13.4. The predicted molar refractivity (Wildman–Crippen MR) is 182 cm³/mol. The van der Waals surface area contributed by atoms with Gasteiger partial charge in [-0.3, -0.25) is 14.4 Å². The highest BCUT2D eigenvalue weighted by atomic mass is 16.5. The van der Waals surface area contributed by atoms with Crippen molar-refractivity contribution in [3.8, 4) is 11.5 Å². The zero-order valence-corrected chi connectivity index (χ0v) is 27.2. The Bertz CT molecular complexity index is 1440. The molecule has 3 aromatic rings. The molecule has 0 aliphatic carbocycles. The van der Waals surface area contributed by atoms with Crippen molar-refractivity contribution >= 4 is 29.1 Å². The summed E-state index contributed by atoms with van der Waals surface area (Å²) in [5.74, 6) is 0.839. The standard InChI is InChI=1S/C36H47N5O5/c1-27(20-21-37)46-32-13-8-6-11-30(32)35(43)38-29-18-16-28(17-19-29)36(44)40(3)31-12-7-9-14-33(31)45-26-10-4-5-15-34(42)41-24-22-39(2)23-25-41/h6-9,11-14,16-19,27H,4-5,10,15,20-26,37H2,1-3H3,(H,38,43). The highest BCUT2D eigenvalue weighted by molar-refractivity contribution is 6.08. The first kappa shape index (κ1) is 34.5. The van der Waals surface area contributed by atoms with Crippen molar-refractivity contribution in [2.24, 2.45) is 5.73 Å². The summed E-state index contributed by atoms with van der Waals surface area (Å²) < 4.78 is 12.0. The van der Waals surface area contributed by atoms with Gasteiger partial charge in [0, 0.05) is 50.9 Å². The molecule has 1 unspecified atom stereocenters. The van der Waals surface area contributed by atoms with E-state index in [9.17, 15) is 14.4 Å². The van der Waals surface area contributed by atoms with Crippen LogP contribution in [0.2, 0.25) is 0 Å². The molecule has 3 N–H and O–H groups in total. The number of piperazine rings is 1. The van der Waals surface area contributed by atoms with Gasteiger partial charge in [-0.05, 0) is 94.7 Å². The number of carbonyl (C=O) groups is 3. The molecule has 0 aromatic heterocycles. The molecule has 10 nitrogen and oxygen atoms in total. The lowest BCUT2D eigenvalue weighted by Crippen LogP contribution is -2.47. The van der Waals surface area contributed by atoms with E-state index in [4.69, 9.17) is 15.2 Å². The van der Waals surface area contributed by atoms with E-state index >= 15 is 0 Å². The van der Waals surface area contributed by atoms with Crippen molar-refractivity contribution < 1.29 is 23.9 Å². The molecule has 0 saturated carbocycles. The quantitative estimate of drug-likeness (QED) is 0.226. The van der Waals surface area contributed by atoms with Crippen LogP contribution in [0.4, 0.5) is 11.4 Å². The number of nitrogens with two attached hydrogens (primary N) is 1. The Morgan fingerprint density at radius 3 is 2.28 bits per heavy atom. The molecular weight excluding hydrogens is 582 g/mol. The predicted octanol–water partition coefficient (Wildman–Crippen LogP) is 5.04. The van der Waals surface area contributed by atoms with Crippen LogP contribution in [0.3, 0.4) is 0 Å². The minimum atomic E-state index is -0.306. The Morgan fingerprint density at radius 1 is 0.891 bits per heavy atom. The maximum absolute atomic E-state index is 13.4. The third-order valence-electron chi connectivity index (χ3n) is 8.10. The van der Waals surface area contributed by atoms with Crippen LogP contribution in [0.1, 0.15) is 59.7 Å². The summed E-state index contributed by atoms with van der Waals surface area (Å²) in [6.45, 7) is 6.39. The lowest BCUT2D eigenvalue weighted by molar-refractivity contribution is -0.132. The number of anilines is 2. The fraction of sp³-hybridized carbons (Fsp3) is 0.417. The number of ether oxygens (including phenoxy) is 2. The second-order valence-corrected chi connectivity index (χ2v) is 11.7. The lowest BCUT2D eigenvalue weighted by Gasteiger charge is -2.32. The summed E-state index contributed by atoms with van der Waals surface area (Å²) >= 11 is 0. The van der Waals surface area contributed by atoms with Crippen LogP contribution in [-0.4, -0.2) is 87.1 Å². The molecule has 0 bridgehead atoms. The van der Waals surface area contributed by atoms with Crippen LogP contribution in [0.15, 0.2) is 72.8 Å². The SMILES string of the molecule is CC(CCN)Oc1ccccc1C(=O)Nc1ccc(C(=O)N(C)c2ccccc2OCCCCCC(=O)N2CCN(C)CC2)cc1. The zero-order valence-electron chi connectivity index (χ0n) is 27.2. The topological polar surface area (TPSA) is 117 Å². The molecule has 1 aliphatic heterocycles. The largest absolute Gasteiger partial charge is 0.491 e. The summed E-state index contributed by atoms with van der Waals surface area (Å²) in [7, 11) is 3.80. The van der Waals surface area contributed by atoms with E-state index in [-0.39, 0.29) is 23.8 Å². The number of carbonyl (C=O) groups excluding carboxylic acids is 3. The van der Waals surface area contributed by atoms with Gasteiger partial charge in [-0.25, -0.2) is 0 Å². The first-order valence-electron chi connectivity index (χ1n) is 16.1. The van der Waals surface area contributed by atoms with Crippen molar-refractivity contribution in [3.63, 3.8) is 0 Å². The van der Waals surface area contributed by atoms with Gasteiger partial charge in [0.05, 0.1) is 24.0 Å². The van der Waals surface area contributed by atoms with E-state index in [1.54, 1.807) is 54.4 Å². The molecule has 0 radical (unpaired) electrons. The molecule has 46 heavy (non-hydrogen) atoms. The number of amides is 3. The third kappa shape index (κ3) is 9.79. The average molecular weight is 630 g/mol. The third-order valence-corrected chi connectivity index (χ3v) is 8.10. The Kier molecular flexibility index (Phi) is 13.0. The first-order valence-corrected chi connectivity index (χ1v) is 16.1. The van der Waals surface area contributed by atoms with E-state index in [0.29, 0.717) is 60.0 Å². The Balaban J connectivity index is 1.27. The van der Waals surface area contributed by atoms with Gasteiger partial charge in [-0.2, -0.15) is 0 Å². The Morgan fingerprint density at radius 2 is 1.57 bits per heavy atom. The molecule has 1 fully saturated rings. The summed E-state index contributed by atoms with van der Waals surface area (Å²) in [5.41, 5.74) is 7.75. The number of hydrogen-bond acceptors (Lipinski definition) is 7. The van der Waals surface area contributed by atoms with E-state index in [1.165, 1.54) is 0 Å². The van der Waals surface area contributed by atoms with Crippen molar-refractivity contribution in [3.05, 3.63) is 83.9 Å². The fourth-order valence-electron chi connectivity index (χ4n) is 5.27. The normalized spacial score (nSPS) is 14.0. The van der Waals surface area contributed by atoms with E-state index in [2.05, 4.69) is 17.3 Å². The number of nitrogens with one attached hydrogen (secondary N) is 1. The second kappa shape index (κ2) is 17.3. The van der Waals surface area contributed by atoms with E-state index < -0.39 is 0 Å². The molecule has 246 valence electrons. The van der Waals surface area contributed by atoms with Crippen LogP contribution >= 0.6 is 0 Å². The lowest BCUT2D eigenvalue weighted by atomic mass is 10.1. The highest BCUT2D eigenvalue weighted by Gasteiger charge is 2.20. The van der Waals surface area contributed by atoms with Crippen LogP contribution in [0, 0.1) is 0 Å². The number of hydrogen-bond donors (Lipinski definition) is 2. The molecule has 1 aliphatic rings. The second-order valence-electron chi connectivity index (χ2n) is 11.7. The van der Waals surface area contributed by atoms with Crippen LogP contribution < -0.4 is 25.4 Å². The van der Waals surface area contributed by atoms with Gasteiger partial charge in [0.15, 0.2) is 0 Å². The van der Waals surface area contributed by atoms with Gasteiger partial charge in [-0.1, -0.05) is 24.3 Å². The van der Waals surface area contributed by atoms with Gasteiger partial charge >= 0.3 is 0 Å². The molecular formula is C36H47N5O5. The van der Waals surface area contributed by atoms with Crippen LogP contribution in [0.5, 0.6) is 11.5 Å². The number of unbranched alkanes of at least 4 members (excludes halogenated alkanes) is 2. The molecule has 3 aromatic carbocycles. The summed E-state index contributed by atoms with van der Waals surface area (Å²) in [6.07, 6.45) is 3.67. The molecule has 1 heterocycles. The molecule has 1 saturated heterocycles. The maximum Gasteiger partial charge on any atom is 0.259 e. The monoisotopic (exact) mass is 629 g/mol. The van der Waals surface area contributed by atoms with E-state index in [0.717, 1.165) is 45.4 Å². The smallest absolute Gasteiger partial charge is 0.259 e. The average Bonchev–Trinajstić information content (AvgIpc) is 3.06. The van der Waals surface area contributed by atoms with Gasteiger partial charge < -0.3 is 35.2 Å². The highest BCUT2D eigenvalue weighted by Crippen LogP contribution is 2.29. The minimum Gasteiger partial charge on any atom is -0.491 e. The molecule has 4 rings (SSSR count). The molecule has 0 spiro atoms. The summed E-state index contributed by atoms with van der Waals surface area (Å²) in [5, 5.41) is 2.89. The summed E-state index contributed by atoms with van der Waals surface area (Å²) in [6, 6.07) is 21.3. The van der Waals surface area contributed by atoms with Crippen molar-refractivity contribution in [2.75, 3.05) is 63.6 Å². The minimum absolute atomic E-state index is 0.119. The molecule has 3 amide bonds. The fourth-order valence-corrected chi connectivity index (χ4v) is 5.27. The van der Waals surface area contributed by atoms with Crippen molar-refractivity contribution in [1.82, 2.24) is 9.80 Å². The van der Waals surface area contributed by atoms with Crippen molar-refractivity contribution in [2.45, 2.75) is 45.1 Å². The molecule has 1 atom stereocenters. The number of benzene rings is 3. The first-order chi connectivity index (χ1) is 22.3.